The molecule has 0 saturated heterocycles. The van der Waals surface area contributed by atoms with E-state index in [0.717, 1.165) is 11.1 Å². The second-order valence-electron chi connectivity index (χ2n) is 14.2. The lowest BCUT2D eigenvalue weighted by molar-refractivity contribution is -0.401. The predicted octanol–water partition coefficient (Wildman–Crippen LogP) is 8.40. The molecule has 4 aromatic carbocycles. The molecule has 0 atom stereocenters. The van der Waals surface area contributed by atoms with E-state index in [0.29, 0.717) is 12.8 Å². The van der Waals surface area contributed by atoms with Crippen molar-refractivity contribution in [2.45, 2.75) is 58.3 Å². The van der Waals surface area contributed by atoms with Crippen molar-refractivity contribution >= 4 is 50.3 Å². The number of ketones is 1. The van der Waals surface area contributed by atoms with Gasteiger partial charge in [0.2, 0.25) is 11.6 Å². The van der Waals surface area contributed by atoms with Gasteiger partial charge in [-0.15, -0.1) is 0 Å². The zero-order valence-corrected chi connectivity index (χ0v) is 29.4. The van der Waals surface area contributed by atoms with Crippen LogP contribution in [-0.2, 0) is 33.3 Å². The Kier molecular flexibility index (Phi) is 8.59. The maximum Gasteiger partial charge on any atom is 0.224 e. The van der Waals surface area contributed by atoms with Crippen molar-refractivity contribution in [2.75, 3.05) is 26.0 Å². The van der Waals surface area contributed by atoms with Crippen LogP contribution in [-0.4, -0.2) is 43.1 Å². The molecule has 0 fully saturated rings. The Morgan fingerprint density at radius 1 is 0.771 bits per heavy atom. The van der Waals surface area contributed by atoms with Crippen LogP contribution in [0.25, 0.3) is 21.5 Å². The molecule has 0 bridgehead atoms. The highest BCUT2D eigenvalue weighted by Crippen LogP contribution is 2.50. The molecule has 2 heterocycles. The number of allylic oxidation sites excluding steroid dienone is 8. The average molecular weight is 637 g/mol. The van der Waals surface area contributed by atoms with Gasteiger partial charge in [0.1, 0.15) is 12.8 Å². The van der Waals surface area contributed by atoms with E-state index < -0.39 is 0 Å². The third-order valence-electron chi connectivity index (χ3n) is 10.2. The van der Waals surface area contributed by atoms with E-state index in [4.69, 9.17) is 0 Å². The molecule has 1 N–H and O–H groups in total. The van der Waals surface area contributed by atoms with Gasteiger partial charge in [-0.25, -0.2) is 0 Å². The summed E-state index contributed by atoms with van der Waals surface area (Å²) in [6.07, 6.45) is 15.7. The van der Waals surface area contributed by atoms with Crippen LogP contribution in [0.1, 0.15) is 56.9 Å². The summed E-state index contributed by atoms with van der Waals surface area (Å²) >= 11 is 0. The van der Waals surface area contributed by atoms with E-state index in [1.165, 1.54) is 55.5 Å². The number of carbonyl (C=O) groups is 2. The van der Waals surface area contributed by atoms with E-state index in [2.05, 4.69) is 154 Å². The number of likely N-dealkylation sites (N-methyl/N-ethyl adjacent to an activating group) is 2. The highest BCUT2D eigenvalue weighted by molar-refractivity contribution is 6.08. The number of fused-ring (bicyclic) bond motifs is 6. The summed E-state index contributed by atoms with van der Waals surface area (Å²) in [6.45, 7) is 10.8. The fourth-order valence-electron chi connectivity index (χ4n) is 7.84. The van der Waals surface area contributed by atoms with Crippen LogP contribution in [0.3, 0.4) is 0 Å². The molecule has 244 valence electrons. The predicted molar refractivity (Wildman–Crippen MR) is 201 cm³/mol. The minimum Gasteiger partial charge on any atom is -0.359 e. The monoisotopic (exact) mass is 636 g/mol. The first-order valence-corrected chi connectivity index (χ1v) is 16.7. The van der Waals surface area contributed by atoms with E-state index >= 15 is 0 Å². The molecule has 2 aliphatic rings. The number of carbonyl (C=O) groups excluding carboxylic acids is 2. The third kappa shape index (κ3) is 5.72. The van der Waals surface area contributed by atoms with Gasteiger partial charge >= 0.3 is 0 Å². The Balaban J connectivity index is 1.21. The van der Waals surface area contributed by atoms with Crippen molar-refractivity contribution in [3.05, 3.63) is 131 Å². The Morgan fingerprint density at radius 2 is 1.35 bits per heavy atom. The number of hydrogen-bond acceptors (Lipinski definition) is 3. The third-order valence-corrected chi connectivity index (χ3v) is 10.2. The first-order chi connectivity index (χ1) is 22.8. The first kappa shape index (κ1) is 32.9. The molecule has 1 amide bonds. The molecule has 5 heteroatoms. The van der Waals surface area contributed by atoms with Gasteiger partial charge < -0.3 is 10.2 Å². The number of nitrogens with one attached hydrogen (secondary N) is 1. The molecule has 5 nitrogen and oxygen atoms in total. The molecule has 0 aromatic heterocycles. The van der Waals surface area contributed by atoms with Crippen LogP contribution in [0.5, 0.6) is 0 Å². The molecular formula is C43H46N3O2+. The lowest BCUT2D eigenvalue weighted by Crippen LogP contribution is -2.26. The summed E-state index contributed by atoms with van der Waals surface area (Å²) in [7, 11) is 5.95. The summed E-state index contributed by atoms with van der Waals surface area (Å²) in [5.74, 6) is 0.195. The van der Waals surface area contributed by atoms with Crippen LogP contribution in [0.4, 0.5) is 11.4 Å². The summed E-state index contributed by atoms with van der Waals surface area (Å²) in [5, 5.41) is 7.54. The molecule has 0 spiro atoms. The average Bonchev–Trinajstić information content (AvgIpc) is 3.37. The van der Waals surface area contributed by atoms with Crippen LogP contribution in [0.15, 0.2) is 109 Å². The minimum absolute atomic E-state index is 0.0174. The van der Waals surface area contributed by atoms with Crippen molar-refractivity contribution < 1.29 is 14.2 Å². The standard InChI is InChI=1S/C43H45N3O2/c1-28(47)24-29-16-18-31-20-22-35-40(33(31)25-29)42(2,3)37(45(35)7)14-12-10-9-11-13-15-38-43(4,5)41-34-26-30(27-39(48)44-6)17-19-32(34)21-23-36(41)46(38)8/h9-23,25-26H,24,27H2,1-8H3/p+1. The Labute approximate surface area is 284 Å². The van der Waals surface area contributed by atoms with Crippen LogP contribution >= 0.6 is 0 Å². The topological polar surface area (TPSA) is 52.4 Å². The fraction of sp³-hybridized carbons (Fsp3) is 0.279. The SMILES string of the molecule is CNC(=O)Cc1ccc2ccc3c(c2c1)C(C)(C)\C(=C/C=C/C=C/C=C/C1=[N+](C)c2ccc4ccc(CC(C)=O)cc4c2C1(C)C)N3C. The summed E-state index contributed by atoms with van der Waals surface area (Å²) in [6, 6.07) is 21.5. The van der Waals surface area contributed by atoms with E-state index in [1.807, 2.05) is 6.07 Å². The largest absolute Gasteiger partial charge is 0.359 e. The van der Waals surface area contributed by atoms with Gasteiger partial charge in [-0.1, -0.05) is 86.7 Å². The lowest BCUT2D eigenvalue weighted by atomic mass is 9.78. The van der Waals surface area contributed by atoms with E-state index in [-0.39, 0.29) is 22.5 Å². The Bertz CT molecular complexity index is 2140. The van der Waals surface area contributed by atoms with Crippen molar-refractivity contribution in [2.24, 2.45) is 0 Å². The van der Waals surface area contributed by atoms with Crippen LogP contribution in [0.2, 0.25) is 0 Å². The second kappa shape index (κ2) is 12.5. The van der Waals surface area contributed by atoms with Crippen molar-refractivity contribution in [3.8, 4) is 0 Å². The van der Waals surface area contributed by atoms with Gasteiger partial charge in [-0.05, 0) is 77.2 Å². The zero-order valence-electron chi connectivity index (χ0n) is 29.4. The normalized spacial score (nSPS) is 17.5. The highest BCUT2D eigenvalue weighted by Gasteiger charge is 2.44. The van der Waals surface area contributed by atoms with Gasteiger partial charge in [0.15, 0.2) is 5.71 Å². The number of hydrogen-bond donors (Lipinski definition) is 1. The van der Waals surface area contributed by atoms with E-state index in [9.17, 15) is 9.59 Å². The number of Topliss-reactive ketones (excluding diaryl/α,β-unsaturated/α-hetero) is 1. The number of rotatable bonds is 8. The second-order valence-corrected chi connectivity index (χ2v) is 14.2. The highest BCUT2D eigenvalue weighted by atomic mass is 16.1. The van der Waals surface area contributed by atoms with Crippen molar-refractivity contribution in [1.29, 1.82) is 0 Å². The summed E-state index contributed by atoms with van der Waals surface area (Å²) in [5.41, 5.74) is 9.16. The van der Waals surface area contributed by atoms with Gasteiger partial charge in [-0.2, -0.15) is 4.58 Å². The lowest BCUT2D eigenvalue weighted by Gasteiger charge is -2.24. The molecule has 6 rings (SSSR count). The fourth-order valence-corrected chi connectivity index (χ4v) is 7.84. The van der Waals surface area contributed by atoms with Crippen LogP contribution < -0.4 is 10.2 Å². The van der Waals surface area contributed by atoms with E-state index in [1.54, 1.807) is 14.0 Å². The van der Waals surface area contributed by atoms with Crippen molar-refractivity contribution in [1.82, 2.24) is 5.32 Å². The van der Waals surface area contributed by atoms with Gasteiger partial charge in [0.05, 0.1) is 11.8 Å². The number of amides is 1. The van der Waals surface area contributed by atoms with Gasteiger partial charge in [0.25, 0.3) is 0 Å². The molecule has 4 aromatic rings. The molecule has 0 radical (unpaired) electrons. The number of benzene rings is 4. The van der Waals surface area contributed by atoms with Gasteiger partial charge in [0, 0.05) is 55.0 Å². The molecule has 0 unspecified atom stereocenters. The number of anilines is 1. The first-order valence-electron chi connectivity index (χ1n) is 16.7. The molecule has 2 aliphatic heterocycles. The maximum absolute atomic E-state index is 12.1. The molecule has 0 saturated carbocycles. The maximum atomic E-state index is 12.1. The molecular weight excluding hydrogens is 590 g/mol. The molecule has 48 heavy (non-hydrogen) atoms. The van der Waals surface area contributed by atoms with Gasteiger partial charge in [-0.3, -0.25) is 9.59 Å². The minimum atomic E-state index is -0.204. The van der Waals surface area contributed by atoms with Crippen LogP contribution in [0, 0.1) is 0 Å². The summed E-state index contributed by atoms with van der Waals surface area (Å²) < 4.78 is 2.29. The smallest absolute Gasteiger partial charge is 0.224 e. The zero-order chi connectivity index (χ0) is 34.4. The Morgan fingerprint density at radius 3 is 2.02 bits per heavy atom. The number of nitrogens with zero attached hydrogens (tertiary/aromatic N) is 2. The quantitative estimate of drug-likeness (QED) is 0.156. The summed E-state index contributed by atoms with van der Waals surface area (Å²) in [4.78, 5) is 26.2. The Hall–Kier alpha value is -5.03. The van der Waals surface area contributed by atoms with Crippen molar-refractivity contribution in [3.63, 3.8) is 0 Å². The molecule has 0 aliphatic carbocycles.